The van der Waals surface area contributed by atoms with Crippen molar-refractivity contribution < 1.29 is 9.59 Å². The largest absolute Gasteiger partial charge is 0.354 e. The summed E-state index contributed by atoms with van der Waals surface area (Å²) in [5, 5.41) is 11.2. The van der Waals surface area contributed by atoms with Gasteiger partial charge in [0, 0.05) is 23.4 Å². The van der Waals surface area contributed by atoms with Gasteiger partial charge in [-0.25, -0.2) is 4.98 Å². The molecule has 140 valence electrons. The summed E-state index contributed by atoms with van der Waals surface area (Å²) in [7, 11) is 0. The monoisotopic (exact) mass is 398 g/mol. The van der Waals surface area contributed by atoms with Crippen LogP contribution in [-0.2, 0) is 16.0 Å². The third-order valence-corrected chi connectivity index (χ3v) is 3.76. The smallest absolute Gasteiger partial charge is 0.231 e. The number of thiazole rings is 1. The van der Waals surface area contributed by atoms with Crippen molar-refractivity contribution in [2.45, 2.75) is 47.1 Å². The van der Waals surface area contributed by atoms with Gasteiger partial charge in [-0.05, 0) is 13.5 Å². The van der Waals surface area contributed by atoms with Gasteiger partial charge in [0.05, 0.1) is 12.1 Å². The third-order valence-electron chi connectivity index (χ3n) is 2.95. The van der Waals surface area contributed by atoms with Crippen molar-refractivity contribution in [3.63, 3.8) is 0 Å². The fourth-order valence-corrected chi connectivity index (χ4v) is 2.35. The minimum atomic E-state index is -0.467. The zero-order chi connectivity index (χ0) is 16.8. The summed E-state index contributed by atoms with van der Waals surface area (Å²) in [5.74, 6) is -0.152. The number of anilines is 1. The van der Waals surface area contributed by atoms with Gasteiger partial charge in [-0.1, -0.05) is 27.7 Å². The maximum absolute atomic E-state index is 11.9. The average Bonchev–Trinajstić information content (AvgIpc) is 2.83. The van der Waals surface area contributed by atoms with Gasteiger partial charge in [0.2, 0.25) is 11.8 Å². The van der Waals surface area contributed by atoms with E-state index in [1.807, 2.05) is 34.6 Å². The number of nitrogens with one attached hydrogen (secondary N) is 3. The number of rotatable bonds is 7. The fourth-order valence-electron chi connectivity index (χ4n) is 1.64. The average molecular weight is 399 g/mol. The summed E-state index contributed by atoms with van der Waals surface area (Å²) in [5.41, 5.74) is 0.203. The summed E-state index contributed by atoms with van der Waals surface area (Å²) in [6, 6.07) is 0.242. The summed E-state index contributed by atoms with van der Waals surface area (Å²) >= 11 is 1.33. The van der Waals surface area contributed by atoms with E-state index in [9.17, 15) is 9.59 Å². The van der Waals surface area contributed by atoms with E-state index in [2.05, 4.69) is 20.9 Å². The molecule has 0 aliphatic rings. The minimum absolute atomic E-state index is 0. The zero-order valence-electron chi connectivity index (χ0n) is 14.8. The first-order valence-corrected chi connectivity index (χ1v) is 8.36. The molecule has 0 bridgehead atoms. The number of aromatic nitrogens is 1. The van der Waals surface area contributed by atoms with Crippen molar-refractivity contribution >= 4 is 53.1 Å². The third kappa shape index (κ3) is 9.42. The van der Waals surface area contributed by atoms with Gasteiger partial charge in [-0.3, -0.25) is 9.59 Å². The molecule has 1 heterocycles. The predicted octanol–water partition coefficient (Wildman–Crippen LogP) is 2.63. The van der Waals surface area contributed by atoms with Gasteiger partial charge in [-0.15, -0.1) is 36.2 Å². The second-order valence-corrected chi connectivity index (χ2v) is 7.15. The van der Waals surface area contributed by atoms with Crippen LogP contribution in [0.1, 0.15) is 40.3 Å². The fraction of sp³-hybridized carbons (Fsp3) is 0.667. The van der Waals surface area contributed by atoms with Gasteiger partial charge in [0.15, 0.2) is 5.13 Å². The van der Waals surface area contributed by atoms with E-state index in [1.165, 1.54) is 11.3 Å². The standard InChI is InChI=1S/C15H26N4O2S.2ClH/c1-6-16-10(2)8-17-12(20)7-11-9-22-14(18-11)19-13(21)15(3,4)5;;/h9-10,16H,6-8H2,1-5H3,(H,17,20)(H,18,19,21);2*1H/t10-;;/m1../s1. The van der Waals surface area contributed by atoms with Crippen LogP contribution in [-0.4, -0.2) is 35.9 Å². The van der Waals surface area contributed by atoms with E-state index < -0.39 is 5.41 Å². The van der Waals surface area contributed by atoms with Crippen LogP contribution in [0.5, 0.6) is 0 Å². The van der Waals surface area contributed by atoms with Crippen LogP contribution < -0.4 is 16.0 Å². The molecule has 0 aliphatic carbocycles. The van der Waals surface area contributed by atoms with Crippen molar-refractivity contribution in [1.82, 2.24) is 15.6 Å². The second-order valence-electron chi connectivity index (χ2n) is 6.29. The van der Waals surface area contributed by atoms with Crippen molar-refractivity contribution in [2.24, 2.45) is 5.41 Å². The summed E-state index contributed by atoms with van der Waals surface area (Å²) in [6.07, 6.45) is 0.223. The van der Waals surface area contributed by atoms with Gasteiger partial charge >= 0.3 is 0 Å². The highest BCUT2D eigenvalue weighted by Crippen LogP contribution is 2.20. The van der Waals surface area contributed by atoms with E-state index >= 15 is 0 Å². The van der Waals surface area contributed by atoms with Crippen molar-refractivity contribution in [1.29, 1.82) is 0 Å². The van der Waals surface area contributed by atoms with E-state index in [4.69, 9.17) is 0 Å². The zero-order valence-corrected chi connectivity index (χ0v) is 17.2. The molecule has 0 aliphatic heterocycles. The summed E-state index contributed by atoms with van der Waals surface area (Å²) in [6.45, 7) is 11.0. The van der Waals surface area contributed by atoms with Gasteiger partial charge in [0.25, 0.3) is 0 Å². The number of hydrogen-bond donors (Lipinski definition) is 3. The van der Waals surface area contributed by atoms with Crippen LogP contribution in [0, 0.1) is 5.41 Å². The Morgan fingerprint density at radius 3 is 2.46 bits per heavy atom. The lowest BCUT2D eigenvalue weighted by Gasteiger charge is -2.15. The predicted molar refractivity (Wildman–Crippen MR) is 105 cm³/mol. The first-order chi connectivity index (χ1) is 10.2. The summed E-state index contributed by atoms with van der Waals surface area (Å²) < 4.78 is 0. The molecular weight excluding hydrogens is 371 g/mol. The molecule has 0 aromatic carbocycles. The second kappa shape index (κ2) is 11.6. The molecule has 9 heteroatoms. The number of amides is 2. The molecule has 0 saturated carbocycles. The molecule has 1 aromatic rings. The van der Waals surface area contributed by atoms with Gasteiger partial charge < -0.3 is 16.0 Å². The number of carbonyl (C=O) groups excluding carboxylic acids is 2. The highest BCUT2D eigenvalue weighted by Gasteiger charge is 2.22. The Morgan fingerprint density at radius 1 is 1.29 bits per heavy atom. The topological polar surface area (TPSA) is 83.1 Å². The number of nitrogens with zero attached hydrogens (tertiary/aromatic N) is 1. The molecule has 1 rings (SSSR count). The number of carbonyl (C=O) groups is 2. The highest BCUT2D eigenvalue weighted by atomic mass is 35.5. The Bertz CT molecular complexity index is 518. The normalized spacial score (nSPS) is 11.7. The van der Waals surface area contributed by atoms with E-state index in [1.54, 1.807) is 5.38 Å². The Balaban J connectivity index is 0. The first kappa shape index (κ1) is 25.4. The quantitative estimate of drug-likeness (QED) is 0.658. The number of likely N-dealkylation sites (N-methyl/N-ethyl adjacent to an activating group) is 1. The van der Waals surface area contributed by atoms with Crippen LogP contribution in [0.2, 0.25) is 0 Å². The van der Waals surface area contributed by atoms with Crippen molar-refractivity contribution in [2.75, 3.05) is 18.4 Å². The van der Waals surface area contributed by atoms with Crippen molar-refractivity contribution in [3.05, 3.63) is 11.1 Å². The molecule has 0 radical (unpaired) electrons. The minimum Gasteiger partial charge on any atom is -0.354 e. The Labute approximate surface area is 160 Å². The number of halogens is 2. The van der Waals surface area contributed by atoms with Crippen molar-refractivity contribution in [3.8, 4) is 0 Å². The maximum atomic E-state index is 11.9. The Morgan fingerprint density at radius 2 is 1.92 bits per heavy atom. The van der Waals surface area contributed by atoms with E-state index in [0.717, 1.165) is 6.54 Å². The lowest BCUT2D eigenvalue weighted by molar-refractivity contribution is -0.123. The molecular formula is C15H28Cl2N4O2S. The van der Waals surface area contributed by atoms with Gasteiger partial charge in [0.1, 0.15) is 0 Å². The Hall–Kier alpha value is -0.890. The van der Waals surface area contributed by atoms with E-state index in [-0.39, 0.29) is 49.1 Å². The molecule has 0 unspecified atom stereocenters. The molecule has 0 saturated heterocycles. The molecule has 2 amide bonds. The molecule has 6 nitrogen and oxygen atoms in total. The lowest BCUT2D eigenvalue weighted by Crippen LogP contribution is -2.39. The SMILES string of the molecule is CCN[C@H](C)CNC(=O)Cc1csc(NC(=O)C(C)(C)C)n1.Cl.Cl. The van der Waals surface area contributed by atoms with Crippen LogP contribution in [0.25, 0.3) is 0 Å². The molecule has 24 heavy (non-hydrogen) atoms. The Kier molecular flexibility index (Phi) is 12.3. The lowest BCUT2D eigenvalue weighted by atomic mass is 9.96. The molecule has 1 atom stereocenters. The highest BCUT2D eigenvalue weighted by molar-refractivity contribution is 7.13. The number of hydrogen-bond acceptors (Lipinski definition) is 5. The molecule has 0 fully saturated rings. The van der Waals surface area contributed by atoms with E-state index in [0.29, 0.717) is 17.4 Å². The maximum Gasteiger partial charge on any atom is 0.231 e. The van der Waals surface area contributed by atoms with Gasteiger partial charge in [-0.2, -0.15) is 0 Å². The molecule has 1 aromatic heterocycles. The molecule has 3 N–H and O–H groups in total. The van der Waals surface area contributed by atoms with Crippen LogP contribution >= 0.6 is 36.2 Å². The summed E-state index contributed by atoms with van der Waals surface area (Å²) in [4.78, 5) is 28.0. The first-order valence-electron chi connectivity index (χ1n) is 7.48. The molecule has 0 spiro atoms. The van der Waals surface area contributed by atoms with Crippen LogP contribution in [0.4, 0.5) is 5.13 Å². The van der Waals surface area contributed by atoms with Crippen LogP contribution in [0.3, 0.4) is 0 Å². The van der Waals surface area contributed by atoms with Crippen LogP contribution in [0.15, 0.2) is 5.38 Å².